The van der Waals surface area contributed by atoms with E-state index in [2.05, 4.69) is 10.2 Å². The van der Waals surface area contributed by atoms with Crippen LogP contribution in [0.1, 0.15) is 5.56 Å². The molecular weight excluding hydrogens is 187 g/mol. The van der Waals surface area contributed by atoms with Gasteiger partial charge in [-0.1, -0.05) is 0 Å². The molecule has 0 spiro atoms. The van der Waals surface area contributed by atoms with Crippen LogP contribution in [0, 0.1) is 12.7 Å². The molecule has 1 heterocycles. The summed E-state index contributed by atoms with van der Waals surface area (Å²) in [6, 6.07) is 1.53. The number of halogens is 1. The Labute approximate surface area is 79.5 Å². The Morgan fingerprint density at radius 1 is 1.54 bits per heavy atom. The fraction of sp³-hybridized carbons (Fsp3) is 0.222. The van der Waals surface area contributed by atoms with Crippen LogP contribution in [-0.2, 0) is 0 Å². The molecule has 1 aromatic heterocycles. The third-order valence-electron chi connectivity index (χ3n) is 2.03. The second-order valence-electron chi connectivity index (χ2n) is 2.87. The molecule has 2 rings (SSSR count). The van der Waals surface area contributed by atoms with Gasteiger partial charge in [0.25, 0.3) is 0 Å². The zero-order valence-corrected chi connectivity index (χ0v) is 8.20. The van der Waals surface area contributed by atoms with Gasteiger partial charge in [-0.15, -0.1) is 11.8 Å². The van der Waals surface area contributed by atoms with E-state index in [9.17, 15) is 4.39 Å². The first-order valence-corrected chi connectivity index (χ1v) is 5.12. The minimum Gasteiger partial charge on any atom is -0.275 e. The number of thioether (sulfide) groups is 1. The van der Waals surface area contributed by atoms with E-state index in [0.29, 0.717) is 5.52 Å². The fourth-order valence-electron chi connectivity index (χ4n) is 1.45. The number of rotatable bonds is 1. The van der Waals surface area contributed by atoms with Crippen LogP contribution in [-0.4, -0.2) is 16.5 Å². The topological polar surface area (TPSA) is 28.7 Å². The van der Waals surface area contributed by atoms with Crippen LogP contribution in [0.25, 0.3) is 10.9 Å². The Bertz CT molecular complexity index is 450. The highest BCUT2D eigenvalue weighted by atomic mass is 32.2. The van der Waals surface area contributed by atoms with Gasteiger partial charge in [-0.3, -0.25) is 5.10 Å². The van der Waals surface area contributed by atoms with Crippen molar-refractivity contribution in [3.05, 3.63) is 23.6 Å². The molecule has 4 heteroatoms. The van der Waals surface area contributed by atoms with Crippen LogP contribution in [0.2, 0.25) is 0 Å². The number of aromatic amines is 1. The van der Waals surface area contributed by atoms with Crippen LogP contribution in [0.4, 0.5) is 4.39 Å². The number of hydrogen-bond acceptors (Lipinski definition) is 2. The lowest BCUT2D eigenvalue weighted by molar-refractivity contribution is 0.634. The van der Waals surface area contributed by atoms with Crippen molar-refractivity contribution in [2.24, 2.45) is 0 Å². The van der Waals surface area contributed by atoms with Crippen LogP contribution in [0.15, 0.2) is 17.2 Å². The van der Waals surface area contributed by atoms with Crippen LogP contribution < -0.4 is 0 Å². The van der Waals surface area contributed by atoms with Crippen molar-refractivity contribution in [1.29, 1.82) is 0 Å². The lowest BCUT2D eigenvalue weighted by Gasteiger charge is -2.03. The molecule has 68 valence electrons. The number of fused-ring (bicyclic) bond motifs is 1. The van der Waals surface area contributed by atoms with E-state index < -0.39 is 0 Å². The van der Waals surface area contributed by atoms with Gasteiger partial charge in [0.1, 0.15) is 11.3 Å². The van der Waals surface area contributed by atoms with Gasteiger partial charge in [0, 0.05) is 10.3 Å². The molecule has 0 unspecified atom stereocenters. The second-order valence-corrected chi connectivity index (χ2v) is 3.68. The highest BCUT2D eigenvalue weighted by Gasteiger charge is 2.09. The average Bonchev–Trinajstić information content (AvgIpc) is 2.53. The third kappa shape index (κ3) is 1.21. The smallest absolute Gasteiger partial charge is 0.149 e. The molecule has 0 aliphatic heterocycles. The standard InChI is InChI=1S/C9H9FN2S/c1-5-3-7(10)8-6(4-11-12-8)9(5)13-2/h3-4H,1-2H3,(H,11,12). The van der Waals surface area contributed by atoms with Crippen LogP contribution in [0.5, 0.6) is 0 Å². The molecule has 0 amide bonds. The SMILES string of the molecule is CSc1c(C)cc(F)c2[nH]ncc12. The lowest BCUT2D eigenvalue weighted by Crippen LogP contribution is -1.85. The highest BCUT2D eigenvalue weighted by molar-refractivity contribution is 7.98. The van der Waals surface area contributed by atoms with Gasteiger partial charge in [0.2, 0.25) is 0 Å². The molecule has 1 N–H and O–H groups in total. The summed E-state index contributed by atoms with van der Waals surface area (Å²) in [5, 5.41) is 7.35. The predicted octanol–water partition coefficient (Wildman–Crippen LogP) is 2.73. The van der Waals surface area contributed by atoms with Gasteiger partial charge in [-0.2, -0.15) is 5.10 Å². The van der Waals surface area contributed by atoms with Crippen molar-refractivity contribution in [1.82, 2.24) is 10.2 Å². The van der Waals surface area contributed by atoms with Crippen molar-refractivity contribution in [2.75, 3.05) is 6.26 Å². The first-order valence-electron chi connectivity index (χ1n) is 3.90. The summed E-state index contributed by atoms with van der Waals surface area (Å²) in [6.45, 7) is 1.90. The predicted molar refractivity (Wildman–Crippen MR) is 52.6 cm³/mol. The summed E-state index contributed by atoms with van der Waals surface area (Å²) in [4.78, 5) is 1.09. The number of benzene rings is 1. The number of nitrogens with one attached hydrogen (secondary N) is 1. The first-order chi connectivity index (χ1) is 6.24. The summed E-state index contributed by atoms with van der Waals surface area (Å²) in [7, 11) is 0. The molecule has 1 aromatic carbocycles. The number of nitrogens with zero attached hydrogens (tertiary/aromatic N) is 1. The van der Waals surface area contributed by atoms with Crippen molar-refractivity contribution < 1.29 is 4.39 Å². The Kier molecular flexibility index (Phi) is 2.00. The van der Waals surface area contributed by atoms with Crippen LogP contribution >= 0.6 is 11.8 Å². The van der Waals surface area contributed by atoms with Crippen molar-refractivity contribution >= 4 is 22.7 Å². The summed E-state index contributed by atoms with van der Waals surface area (Å²) in [5.74, 6) is -0.234. The van der Waals surface area contributed by atoms with Gasteiger partial charge in [0.05, 0.1) is 6.20 Å². The zero-order valence-electron chi connectivity index (χ0n) is 7.39. The summed E-state index contributed by atoms with van der Waals surface area (Å²) in [6.07, 6.45) is 3.64. The van der Waals surface area contributed by atoms with Gasteiger partial charge in [-0.05, 0) is 24.8 Å². The minimum atomic E-state index is -0.234. The molecule has 0 bridgehead atoms. The van der Waals surface area contributed by atoms with Crippen molar-refractivity contribution in [2.45, 2.75) is 11.8 Å². The van der Waals surface area contributed by atoms with Crippen molar-refractivity contribution in [3.8, 4) is 0 Å². The van der Waals surface area contributed by atoms with E-state index >= 15 is 0 Å². The second kappa shape index (κ2) is 3.03. The first kappa shape index (κ1) is 8.56. The van der Waals surface area contributed by atoms with E-state index in [1.165, 1.54) is 6.07 Å². The molecule has 0 saturated carbocycles. The Morgan fingerprint density at radius 2 is 2.31 bits per heavy atom. The number of aromatic nitrogens is 2. The summed E-state index contributed by atoms with van der Waals surface area (Å²) in [5.41, 5.74) is 1.45. The van der Waals surface area contributed by atoms with Crippen LogP contribution in [0.3, 0.4) is 0 Å². The summed E-state index contributed by atoms with van der Waals surface area (Å²) < 4.78 is 13.3. The van der Waals surface area contributed by atoms with Crippen molar-refractivity contribution in [3.63, 3.8) is 0 Å². The van der Waals surface area contributed by atoms with Gasteiger partial charge < -0.3 is 0 Å². The third-order valence-corrected chi connectivity index (χ3v) is 2.98. The number of H-pyrrole nitrogens is 1. The Hall–Kier alpha value is -1.03. The molecule has 2 aromatic rings. The molecule has 0 aliphatic carbocycles. The maximum atomic E-state index is 13.3. The number of hydrogen-bond donors (Lipinski definition) is 1. The molecular formula is C9H9FN2S. The van der Waals surface area contributed by atoms with E-state index in [1.807, 2.05) is 13.2 Å². The van der Waals surface area contributed by atoms with E-state index in [1.54, 1.807) is 18.0 Å². The minimum absolute atomic E-state index is 0.234. The highest BCUT2D eigenvalue weighted by Crippen LogP contribution is 2.30. The maximum absolute atomic E-state index is 13.3. The molecule has 0 atom stereocenters. The molecule has 0 aliphatic rings. The molecule has 13 heavy (non-hydrogen) atoms. The molecule has 0 fully saturated rings. The van der Waals surface area contributed by atoms with E-state index in [-0.39, 0.29) is 5.82 Å². The molecule has 2 nitrogen and oxygen atoms in total. The van der Waals surface area contributed by atoms with Gasteiger partial charge >= 0.3 is 0 Å². The monoisotopic (exact) mass is 196 g/mol. The molecule has 0 saturated heterocycles. The fourth-order valence-corrected chi connectivity index (χ4v) is 2.21. The van der Waals surface area contributed by atoms with Gasteiger partial charge in [-0.25, -0.2) is 4.39 Å². The maximum Gasteiger partial charge on any atom is 0.149 e. The number of aryl methyl sites for hydroxylation is 1. The average molecular weight is 196 g/mol. The Balaban J connectivity index is 2.88. The molecule has 0 radical (unpaired) electrons. The lowest BCUT2D eigenvalue weighted by atomic mass is 10.2. The van der Waals surface area contributed by atoms with E-state index in [4.69, 9.17) is 0 Å². The summed E-state index contributed by atoms with van der Waals surface area (Å²) >= 11 is 1.61. The van der Waals surface area contributed by atoms with E-state index in [0.717, 1.165) is 15.8 Å². The van der Waals surface area contributed by atoms with Gasteiger partial charge in [0.15, 0.2) is 0 Å². The quantitative estimate of drug-likeness (QED) is 0.710. The Morgan fingerprint density at radius 3 is 3.00 bits per heavy atom. The zero-order chi connectivity index (χ0) is 9.42. The normalized spacial score (nSPS) is 11.0. The largest absolute Gasteiger partial charge is 0.275 e.